The second-order valence-corrected chi connectivity index (χ2v) is 7.30. The third-order valence-electron chi connectivity index (χ3n) is 4.67. The maximum atomic E-state index is 13.3. The lowest BCUT2D eigenvalue weighted by Crippen LogP contribution is -2.49. The molecule has 2 saturated heterocycles. The molecule has 0 amide bonds. The Balaban J connectivity index is 0.00000156. The fraction of sp³-hybridized carbons (Fsp3) is 0.562. The number of nitrogens with one attached hydrogen (secondary N) is 1. The molecule has 0 saturated carbocycles. The van der Waals surface area contributed by atoms with Crippen LogP contribution in [0.2, 0.25) is 0 Å². The van der Waals surface area contributed by atoms with Crippen molar-refractivity contribution < 1.29 is 4.39 Å². The normalized spacial score (nSPS) is 23.3. The molecule has 126 valence electrons. The lowest BCUT2D eigenvalue weighted by atomic mass is 10.2. The van der Waals surface area contributed by atoms with E-state index in [1.54, 1.807) is 23.5 Å². The van der Waals surface area contributed by atoms with Gasteiger partial charge in [0.05, 0.1) is 16.8 Å². The number of hydrogen-bond acceptors (Lipinski definition) is 5. The molecule has 0 aliphatic carbocycles. The van der Waals surface area contributed by atoms with E-state index in [2.05, 4.69) is 20.1 Å². The van der Waals surface area contributed by atoms with Crippen LogP contribution in [0.3, 0.4) is 0 Å². The summed E-state index contributed by atoms with van der Waals surface area (Å²) in [5.74, 6) is -0.178. The Hall–Kier alpha value is -0.790. The molecule has 2 fully saturated rings. The third kappa shape index (κ3) is 3.83. The maximum absolute atomic E-state index is 13.3. The van der Waals surface area contributed by atoms with Crippen LogP contribution in [0.25, 0.3) is 10.2 Å². The van der Waals surface area contributed by atoms with Crippen molar-refractivity contribution in [3.8, 4) is 0 Å². The second kappa shape index (κ2) is 7.40. The van der Waals surface area contributed by atoms with E-state index in [9.17, 15) is 4.39 Å². The predicted octanol–water partition coefficient (Wildman–Crippen LogP) is 2.34. The molecule has 1 unspecified atom stereocenters. The monoisotopic (exact) mass is 356 g/mol. The Morgan fingerprint density at radius 2 is 2.09 bits per heavy atom. The highest BCUT2D eigenvalue weighted by Gasteiger charge is 2.28. The summed E-state index contributed by atoms with van der Waals surface area (Å²) in [6, 6.07) is 5.54. The van der Waals surface area contributed by atoms with Crippen molar-refractivity contribution in [3.63, 3.8) is 0 Å². The number of benzene rings is 1. The van der Waals surface area contributed by atoms with Crippen LogP contribution < -0.4 is 5.32 Å². The van der Waals surface area contributed by atoms with Gasteiger partial charge in [0.2, 0.25) is 0 Å². The first-order valence-corrected chi connectivity index (χ1v) is 8.82. The first kappa shape index (κ1) is 17.0. The molecule has 1 aromatic carbocycles. The Labute approximate surface area is 146 Å². The number of aromatic nitrogens is 1. The van der Waals surface area contributed by atoms with Gasteiger partial charge >= 0.3 is 0 Å². The average Bonchev–Trinajstić information content (AvgIpc) is 3.14. The molecule has 23 heavy (non-hydrogen) atoms. The Morgan fingerprint density at radius 3 is 2.91 bits per heavy atom. The highest BCUT2D eigenvalue weighted by molar-refractivity contribution is 7.18. The van der Waals surface area contributed by atoms with Crippen LogP contribution in [0.15, 0.2) is 18.2 Å². The first-order valence-electron chi connectivity index (χ1n) is 8.00. The van der Waals surface area contributed by atoms with Gasteiger partial charge in [0.15, 0.2) is 0 Å². The molecule has 0 radical (unpaired) electrons. The molecule has 1 atom stereocenters. The standard InChI is InChI=1S/C16H21FN4S.ClH/c17-12-1-2-14-15(9-12)22-16(19-14)11-20-6-3-13(10-20)21-7-4-18-5-8-21;/h1-2,9,13,18H,3-8,10-11H2;1H. The molecule has 1 aromatic heterocycles. The van der Waals surface area contributed by atoms with Gasteiger partial charge in [-0.3, -0.25) is 9.80 Å². The van der Waals surface area contributed by atoms with E-state index in [4.69, 9.17) is 0 Å². The van der Waals surface area contributed by atoms with Gasteiger partial charge in [0.1, 0.15) is 10.8 Å². The molecule has 0 bridgehead atoms. The van der Waals surface area contributed by atoms with Crippen LogP contribution in [0.1, 0.15) is 11.4 Å². The van der Waals surface area contributed by atoms with Crippen molar-refractivity contribution in [2.75, 3.05) is 39.3 Å². The minimum Gasteiger partial charge on any atom is -0.314 e. The number of likely N-dealkylation sites (tertiary alicyclic amines) is 1. The lowest BCUT2D eigenvalue weighted by Gasteiger charge is -2.32. The largest absolute Gasteiger partial charge is 0.314 e. The average molecular weight is 357 g/mol. The second-order valence-electron chi connectivity index (χ2n) is 6.18. The summed E-state index contributed by atoms with van der Waals surface area (Å²) in [6.45, 7) is 7.71. The molecule has 2 aliphatic heterocycles. The van der Waals surface area contributed by atoms with Gasteiger partial charge in [-0.2, -0.15) is 0 Å². The van der Waals surface area contributed by atoms with E-state index in [0.29, 0.717) is 6.04 Å². The summed E-state index contributed by atoms with van der Waals surface area (Å²) in [4.78, 5) is 9.74. The van der Waals surface area contributed by atoms with Gasteiger partial charge in [0, 0.05) is 45.3 Å². The van der Waals surface area contributed by atoms with Crippen molar-refractivity contribution in [2.24, 2.45) is 0 Å². The number of thiazole rings is 1. The molecule has 2 aromatic rings. The summed E-state index contributed by atoms with van der Waals surface area (Å²) < 4.78 is 14.2. The van der Waals surface area contributed by atoms with Crippen LogP contribution in [-0.2, 0) is 6.54 Å². The number of hydrogen-bond donors (Lipinski definition) is 1. The molecule has 1 N–H and O–H groups in total. The zero-order chi connectivity index (χ0) is 14.9. The van der Waals surface area contributed by atoms with E-state index in [0.717, 1.165) is 47.9 Å². The van der Waals surface area contributed by atoms with E-state index < -0.39 is 0 Å². The van der Waals surface area contributed by atoms with E-state index in [1.165, 1.54) is 25.6 Å². The van der Waals surface area contributed by atoms with Crippen molar-refractivity contribution in [3.05, 3.63) is 29.0 Å². The lowest BCUT2D eigenvalue weighted by molar-refractivity contribution is 0.170. The topological polar surface area (TPSA) is 31.4 Å². The fourth-order valence-corrected chi connectivity index (χ4v) is 4.54. The SMILES string of the molecule is Cl.Fc1ccc2nc(CN3CCC(N4CCNCC4)C3)sc2c1. The minimum absolute atomic E-state index is 0. The molecule has 4 nitrogen and oxygen atoms in total. The molecule has 7 heteroatoms. The van der Waals surface area contributed by atoms with Gasteiger partial charge in [0.25, 0.3) is 0 Å². The third-order valence-corrected chi connectivity index (χ3v) is 5.67. The van der Waals surface area contributed by atoms with Crippen molar-refractivity contribution in [2.45, 2.75) is 19.0 Å². The number of piperazine rings is 1. The van der Waals surface area contributed by atoms with E-state index in [1.807, 2.05) is 0 Å². The summed E-state index contributed by atoms with van der Waals surface area (Å²) in [5, 5.41) is 4.51. The zero-order valence-corrected chi connectivity index (χ0v) is 14.6. The van der Waals surface area contributed by atoms with Crippen LogP contribution in [0.5, 0.6) is 0 Å². The van der Waals surface area contributed by atoms with E-state index in [-0.39, 0.29) is 18.2 Å². The Bertz CT molecular complexity index is 659. The highest BCUT2D eigenvalue weighted by Crippen LogP contribution is 2.25. The molecular formula is C16H22ClFN4S. The highest BCUT2D eigenvalue weighted by atomic mass is 35.5. The number of rotatable bonds is 3. The van der Waals surface area contributed by atoms with Crippen LogP contribution >= 0.6 is 23.7 Å². The van der Waals surface area contributed by atoms with Crippen LogP contribution in [-0.4, -0.2) is 60.1 Å². The minimum atomic E-state index is -0.178. The van der Waals surface area contributed by atoms with Gasteiger partial charge < -0.3 is 5.32 Å². The Morgan fingerprint density at radius 1 is 1.26 bits per heavy atom. The first-order chi connectivity index (χ1) is 10.8. The van der Waals surface area contributed by atoms with Gasteiger partial charge in [-0.25, -0.2) is 9.37 Å². The smallest absolute Gasteiger partial charge is 0.124 e. The predicted molar refractivity (Wildman–Crippen MR) is 95.0 cm³/mol. The van der Waals surface area contributed by atoms with E-state index >= 15 is 0 Å². The molecule has 4 rings (SSSR count). The van der Waals surface area contributed by atoms with Gasteiger partial charge in [-0.05, 0) is 24.6 Å². The quantitative estimate of drug-likeness (QED) is 0.914. The zero-order valence-electron chi connectivity index (χ0n) is 13.0. The molecule has 3 heterocycles. The van der Waals surface area contributed by atoms with Crippen molar-refractivity contribution in [1.82, 2.24) is 20.1 Å². The Kier molecular flexibility index (Phi) is 5.49. The summed E-state index contributed by atoms with van der Waals surface area (Å²) in [5.41, 5.74) is 0.916. The fourth-order valence-electron chi connectivity index (χ4n) is 3.51. The van der Waals surface area contributed by atoms with Crippen molar-refractivity contribution >= 4 is 34.0 Å². The summed E-state index contributed by atoms with van der Waals surface area (Å²) in [7, 11) is 0. The summed E-state index contributed by atoms with van der Waals surface area (Å²) >= 11 is 1.62. The molecular weight excluding hydrogens is 335 g/mol. The van der Waals surface area contributed by atoms with Crippen LogP contribution in [0, 0.1) is 5.82 Å². The van der Waals surface area contributed by atoms with Gasteiger partial charge in [-0.15, -0.1) is 23.7 Å². The molecule has 0 spiro atoms. The van der Waals surface area contributed by atoms with Crippen LogP contribution in [0.4, 0.5) is 4.39 Å². The number of fused-ring (bicyclic) bond motifs is 1. The number of nitrogens with zero attached hydrogens (tertiary/aromatic N) is 3. The summed E-state index contributed by atoms with van der Waals surface area (Å²) in [6.07, 6.45) is 1.25. The number of halogens is 2. The van der Waals surface area contributed by atoms with Gasteiger partial charge in [-0.1, -0.05) is 0 Å². The van der Waals surface area contributed by atoms with Crippen molar-refractivity contribution in [1.29, 1.82) is 0 Å². The maximum Gasteiger partial charge on any atom is 0.124 e. The molecule has 2 aliphatic rings.